The van der Waals surface area contributed by atoms with Crippen molar-refractivity contribution in [3.63, 3.8) is 0 Å². The van der Waals surface area contributed by atoms with Gasteiger partial charge in [0.05, 0.1) is 0 Å². The number of aliphatic carboxylic acids is 1. The fraction of sp³-hybridized carbons (Fsp3) is 0.417. The van der Waals surface area contributed by atoms with Crippen molar-refractivity contribution in [3.8, 4) is 0 Å². The van der Waals surface area contributed by atoms with Crippen LogP contribution in [-0.4, -0.2) is 29.1 Å². The van der Waals surface area contributed by atoms with Gasteiger partial charge in [0.25, 0.3) is 0 Å². The number of benzene rings is 1. The predicted octanol–water partition coefficient (Wildman–Crippen LogP) is 2.75. The van der Waals surface area contributed by atoms with E-state index in [4.69, 9.17) is 5.11 Å². The number of nitrogens with one attached hydrogen (secondary N) is 1. The molecule has 0 saturated heterocycles. The lowest BCUT2D eigenvalue weighted by atomic mass is 10.2. The van der Waals surface area contributed by atoms with E-state index in [0.29, 0.717) is 13.0 Å². The highest BCUT2D eigenvalue weighted by molar-refractivity contribution is 9.10. The molecule has 0 aliphatic rings. The van der Waals surface area contributed by atoms with Crippen LogP contribution in [0.2, 0.25) is 0 Å². The first-order valence-electron chi connectivity index (χ1n) is 5.33. The maximum absolute atomic E-state index is 11.0. The lowest BCUT2D eigenvalue weighted by molar-refractivity contribution is -0.139. The molecule has 0 aliphatic carbocycles. The molecule has 0 unspecified atom stereocenters. The van der Waals surface area contributed by atoms with Gasteiger partial charge in [0, 0.05) is 11.0 Å². The van der Waals surface area contributed by atoms with Gasteiger partial charge in [0.2, 0.25) is 0 Å². The van der Waals surface area contributed by atoms with Gasteiger partial charge in [-0.3, -0.25) is 4.79 Å². The van der Waals surface area contributed by atoms with Crippen LogP contribution >= 0.6 is 27.7 Å². The fourth-order valence-electron chi connectivity index (χ4n) is 1.42. The minimum absolute atomic E-state index is 0.477. The molecule has 0 heterocycles. The molecule has 5 heteroatoms. The van der Waals surface area contributed by atoms with Crippen molar-refractivity contribution < 1.29 is 9.90 Å². The highest BCUT2D eigenvalue weighted by Crippen LogP contribution is 2.15. The normalized spacial score (nSPS) is 12.4. The van der Waals surface area contributed by atoms with E-state index < -0.39 is 12.0 Å². The average Bonchev–Trinajstić information content (AvgIpc) is 2.31. The van der Waals surface area contributed by atoms with E-state index in [0.717, 1.165) is 15.8 Å². The number of carbonyl (C=O) groups is 1. The molecule has 3 nitrogen and oxygen atoms in total. The van der Waals surface area contributed by atoms with Crippen LogP contribution in [0.15, 0.2) is 28.7 Å². The van der Waals surface area contributed by atoms with Crippen molar-refractivity contribution in [3.05, 3.63) is 34.3 Å². The number of halogens is 1. The van der Waals surface area contributed by atoms with Gasteiger partial charge in [0.15, 0.2) is 0 Å². The first-order valence-corrected chi connectivity index (χ1v) is 7.52. The average molecular weight is 318 g/mol. The van der Waals surface area contributed by atoms with E-state index in [-0.39, 0.29) is 0 Å². The van der Waals surface area contributed by atoms with E-state index in [1.165, 1.54) is 0 Å². The van der Waals surface area contributed by atoms with Crippen LogP contribution in [-0.2, 0) is 11.3 Å². The van der Waals surface area contributed by atoms with Gasteiger partial charge >= 0.3 is 5.97 Å². The van der Waals surface area contributed by atoms with Gasteiger partial charge < -0.3 is 10.4 Å². The molecular weight excluding hydrogens is 302 g/mol. The van der Waals surface area contributed by atoms with Crippen molar-refractivity contribution in [2.75, 3.05) is 12.0 Å². The van der Waals surface area contributed by atoms with Crippen molar-refractivity contribution in [2.45, 2.75) is 19.0 Å². The molecule has 0 spiro atoms. The van der Waals surface area contributed by atoms with Crippen LogP contribution < -0.4 is 5.32 Å². The molecule has 2 N–H and O–H groups in total. The Labute approximate surface area is 114 Å². The molecule has 0 amide bonds. The SMILES string of the molecule is CSCC[C@H](NCc1ccccc1Br)C(=O)O. The second-order valence-corrected chi connectivity index (χ2v) is 5.48. The molecule has 0 saturated carbocycles. The van der Waals surface area contributed by atoms with E-state index >= 15 is 0 Å². The summed E-state index contributed by atoms with van der Waals surface area (Å²) in [4.78, 5) is 11.0. The van der Waals surface area contributed by atoms with Crippen LogP contribution in [0.4, 0.5) is 0 Å². The second kappa shape index (κ2) is 7.74. The molecule has 0 aromatic heterocycles. The molecular formula is C12H16BrNO2S. The lowest BCUT2D eigenvalue weighted by Gasteiger charge is -2.14. The summed E-state index contributed by atoms with van der Waals surface area (Å²) in [6, 6.07) is 7.34. The molecule has 0 bridgehead atoms. The Morgan fingerprint density at radius 1 is 1.53 bits per heavy atom. The third-order valence-corrected chi connectivity index (χ3v) is 3.82. The quantitative estimate of drug-likeness (QED) is 0.812. The molecule has 1 atom stereocenters. The van der Waals surface area contributed by atoms with Crippen LogP contribution in [0.5, 0.6) is 0 Å². The number of thioether (sulfide) groups is 1. The third kappa shape index (κ3) is 5.10. The van der Waals surface area contributed by atoms with E-state index in [2.05, 4.69) is 21.2 Å². The molecule has 94 valence electrons. The zero-order chi connectivity index (χ0) is 12.7. The fourth-order valence-corrected chi connectivity index (χ4v) is 2.32. The smallest absolute Gasteiger partial charge is 0.320 e. The molecule has 1 aromatic carbocycles. The third-order valence-electron chi connectivity index (χ3n) is 2.41. The van der Waals surface area contributed by atoms with Crippen molar-refractivity contribution >= 4 is 33.7 Å². The summed E-state index contributed by atoms with van der Waals surface area (Å²) < 4.78 is 1.00. The van der Waals surface area contributed by atoms with Gasteiger partial charge in [-0.25, -0.2) is 0 Å². The summed E-state index contributed by atoms with van der Waals surface area (Å²) >= 11 is 5.10. The first kappa shape index (κ1) is 14.5. The van der Waals surface area contributed by atoms with E-state index in [1.807, 2.05) is 30.5 Å². The molecule has 1 aromatic rings. The predicted molar refractivity (Wildman–Crippen MR) is 75.4 cm³/mol. The highest BCUT2D eigenvalue weighted by atomic mass is 79.9. The number of hydrogen-bond acceptors (Lipinski definition) is 3. The largest absolute Gasteiger partial charge is 0.480 e. The van der Waals surface area contributed by atoms with Crippen LogP contribution in [0.1, 0.15) is 12.0 Å². The Balaban J connectivity index is 2.52. The van der Waals surface area contributed by atoms with Gasteiger partial charge in [-0.05, 0) is 30.1 Å². The standard InChI is InChI=1S/C12H16BrNO2S/c1-17-7-6-11(12(15)16)14-8-9-4-2-3-5-10(9)13/h2-5,11,14H,6-8H2,1H3,(H,15,16)/t11-/m0/s1. The molecule has 0 aliphatic heterocycles. The van der Waals surface area contributed by atoms with Crippen molar-refractivity contribution in [1.29, 1.82) is 0 Å². The Hall–Kier alpha value is -0.520. The first-order chi connectivity index (χ1) is 8.15. The number of rotatable bonds is 7. The summed E-state index contributed by atoms with van der Waals surface area (Å²) in [5.41, 5.74) is 1.07. The maximum Gasteiger partial charge on any atom is 0.320 e. The summed E-state index contributed by atoms with van der Waals surface area (Å²) in [6.07, 6.45) is 2.62. The summed E-state index contributed by atoms with van der Waals surface area (Å²) in [5.74, 6) is 0.0611. The van der Waals surface area contributed by atoms with Crippen LogP contribution in [0, 0.1) is 0 Å². The topological polar surface area (TPSA) is 49.3 Å². The van der Waals surface area contributed by atoms with Crippen LogP contribution in [0.25, 0.3) is 0 Å². The number of hydrogen-bond donors (Lipinski definition) is 2. The molecule has 17 heavy (non-hydrogen) atoms. The van der Waals surface area contributed by atoms with Gasteiger partial charge in [-0.1, -0.05) is 34.1 Å². The zero-order valence-electron chi connectivity index (χ0n) is 9.65. The summed E-state index contributed by atoms with van der Waals surface area (Å²) in [7, 11) is 0. The Morgan fingerprint density at radius 3 is 2.82 bits per heavy atom. The Morgan fingerprint density at radius 2 is 2.24 bits per heavy atom. The van der Waals surface area contributed by atoms with Gasteiger partial charge in [-0.15, -0.1) is 0 Å². The molecule has 1 rings (SSSR count). The minimum atomic E-state index is -0.786. The minimum Gasteiger partial charge on any atom is -0.480 e. The van der Waals surface area contributed by atoms with E-state index in [1.54, 1.807) is 11.8 Å². The van der Waals surface area contributed by atoms with Crippen molar-refractivity contribution in [1.82, 2.24) is 5.32 Å². The van der Waals surface area contributed by atoms with E-state index in [9.17, 15) is 4.79 Å². The van der Waals surface area contributed by atoms with Crippen LogP contribution in [0.3, 0.4) is 0 Å². The maximum atomic E-state index is 11.0. The van der Waals surface area contributed by atoms with Crippen molar-refractivity contribution in [2.24, 2.45) is 0 Å². The highest BCUT2D eigenvalue weighted by Gasteiger charge is 2.16. The Kier molecular flexibility index (Phi) is 6.62. The Bertz CT molecular complexity index is 373. The van der Waals surface area contributed by atoms with Gasteiger partial charge in [-0.2, -0.15) is 11.8 Å². The summed E-state index contributed by atoms with van der Waals surface area (Å²) in [5, 5.41) is 12.1. The molecule has 0 radical (unpaired) electrons. The zero-order valence-corrected chi connectivity index (χ0v) is 12.1. The number of carboxylic acids is 1. The van der Waals surface area contributed by atoms with Gasteiger partial charge in [0.1, 0.15) is 6.04 Å². The summed E-state index contributed by atoms with van der Waals surface area (Å²) in [6.45, 7) is 0.562. The lowest BCUT2D eigenvalue weighted by Crippen LogP contribution is -2.36. The number of carboxylic acid groups (broad SMARTS) is 1. The monoisotopic (exact) mass is 317 g/mol. The molecule has 0 fully saturated rings. The second-order valence-electron chi connectivity index (χ2n) is 3.64.